The van der Waals surface area contributed by atoms with Crippen LogP contribution in [0, 0.1) is 17.8 Å². The Balaban J connectivity index is 1.69. The molecule has 4 saturated carbocycles. The van der Waals surface area contributed by atoms with Gasteiger partial charge in [0, 0.05) is 0 Å². The Hall–Kier alpha value is -1.52. The molecule has 4 bridgehead atoms. The first-order chi connectivity index (χ1) is 10.1. The Morgan fingerprint density at radius 1 is 1.33 bits per heavy atom. The smallest absolute Gasteiger partial charge is 0.343 e. The fraction of sp³-hybridized carbons (Fsp3) is 0.750. The number of rotatable bonds is 3. The maximum atomic E-state index is 12.0. The molecule has 21 heavy (non-hydrogen) atoms. The van der Waals surface area contributed by atoms with Crippen LogP contribution >= 0.6 is 0 Å². The summed E-state index contributed by atoms with van der Waals surface area (Å²) >= 11 is 0. The first-order valence-electron chi connectivity index (χ1n) is 8.12. The molecule has 1 heterocycles. The van der Waals surface area contributed by atoms with E-state index in [0.717, 1.165) is 17.8 Å². The Bertz CT molecular complexity index is 543. The number of nitrogens with two attached hydrogens (primary N) is 1. The van der Waals surface area contributed by atoms with Crippen LogP contribution in [0.4, 0.5) is 5.82 Å². The van der Waals surface area contributed by atoms with Gasteiger partial charge in [-0.15, -0.1) is 0 Å². The van der Waals surface area contributed by atoms with Crippen molar-refractivity contribution in [3.8, 4) is 0 Å². The van der Waals surface area contributed by atoms with E-state index >= 15 is 0 Å². The SMILES string of the molecule is CCOC(=O)c1cnn(C23CC4CC(CC(C4)C2)C3)c1N. The molecule has 0 aliphatic heterocycles. The highest BCUT2D eigenvalue weighted by atomic mass is 16.5. The van der Waals surface area contributed by atoms with Gasteiger partial charge in [-0.1, -0.05) is 0 Å². The highest BCUT2D eigenvalue weighted by molar-refractivity contribution is 5.94. The Morgan fingerprint density at radius 2 is 1.90 bits per heavy atom. The first-order valence-corrected chi connectivity index (χ1v) is 8.12. The van der Waals surface area contributed by atoms with E-state index in [-0.39, 0.29) is 11.5 Å². The van der Waals surface area contributed by atoms with Gasteiger partial charge in [-0.2, -0.15) is 5.10 Å². The average molecular weight is 289 g/mol. The Morgan fingerprint density at radius 3 is 2.43 bits per heavy atom. The predicted molar refractivity (Wildman–Crippen MR) is 78.7 cm³/mol. The zero-order valence-electron chi connectivity index (χ0n) is 12.5. The van der Waals surface area contributed by atoms with Crippen molar-refractivity contribution in [2.24, 2.45) is 17.8 Å². The molecule has 2 N–H and O–H groups in total. The molecule has 0 atom stereocenters. The average Bonchev–Trinajstić information content (AvgIpc) is 2.80. The maximum Gasteiger partial charge on any atom is 0.343 e. The molecule has 0 amide bonds. The van der Waals surface area contributed by atoms with Crippen molar-refractivity contribution in [3.05, 3.63) is 11.8 Å². The minimum atomic E-state index is -0.356. The summed E-state index contributed by atoms with van der Waals surface area (Å²) < 4.78 is 7.03. The van der Waals surface area contributed by atoms with Gasteiger partial charge in [-0.3, -0.25) is 0 Å². The van der Waals surface area contributed by atoms with Crippen LogP contribution in [0.15, 0.2) is 6.20 Å². The number of nitrogens with zero attached hydrogens (tertiary/aromatic N) is 2. The minimum Gasteiger partial charge on any atom is -0.462 e. The summed E-state index contributed by atoms with van der Waals surface area (Å²) in [5.74, 6) is 2.61. The molecule has 1 aromatic rings. The summed E-state index contributed by atoms with van der Waals surface area (Å²) in [4.78, 5) is 12.0. The number of hydrogen-bond donors (Lipinski definition) is 1. The van der Waals surface area contributed by atoms with E-state index in [4.69, 9.17) is 10.5 Å². The van der Waals surface area contributed by atoms with E-state index < -0.39 is 0 Å². The van der Waals surface area contributed by atoms with Crippen molar-refractivity contribution in [3.63, 3.8) is 0 Å². The van der Waals surface area contributed by atoms with Gasteiger partial charge in [0.05, 0.1) is 18.3 Å². The van der Waals surface area contributed by atoms with E-state index in [9.17, 15) is 4.79 Å². The van der Waals surface area contributed by atoms with Gasteiger partial charge in [0.25, 0.3) is 0 Å². The second kappa shape index (κ2) is 4.49. The Kier molecular flexibility index (Phi) is 2.81. The molecule has 4 fully saturated rings. The zero-order chi connectivity index (χ0) is 14.6. The molecule has 4 aliphatic carbocycles. The number of carbonyl (C=O) groups is 1. The van der Waals surface area contributed by atoms with Crippen LogP contribution in [0.5, 0.6) is 0 Å². The summed E-state index contributed by atoms with van der Waals surface area (Å²) in [5.41, 5.74) is 6.74. The minimum absolute atomic E-state index is 0.0591. The molecular formula is C16H23N3O2. The fourth-order valence-corrected chi connectivity index (χ4v) is 5.43. The lowest BCUT2D eigenvalue weighted by Gasteiger charge is -2.56. The lowest BCUT2D eigenvalue weighted by molar-refractivity contribution is -0.0481. The molecular weight excluding hydrogens is 266 g/mol. The Labute approximate surface area is 124 Å². The van der Waals surface area contributed by atoms with Crippen molar-refractivity contribution in [2.45, 2.75) is 51.0 Å². The van der Waals surface area contributed by atoms with E-state index in [1.54, 1.807) is 13.1 Å². The quantitative estimate of drug-likeness (QED) is 0.868. The second-order valence-electron chi connectivity index (χ2n) is 7.22. The lowest BCUT2D eigenvalue weighted by atomic mass is 9.53. The van der Waals surface area contributed by atoms with Crippen LogP contribution in [0.1, 0.15) is 55.8 Å². The standard InChI is InChI=1S/C16H23N3O2/c1-2-21-15(20)13-9-18-19(14(13)17)16-6-10-3-11(7-16)5-12(4-10)8-16/h9-12H,2-8,17H2,1H3. The van der Waals surface area contributed by atoms with Gasteiger partial charge < -0.3 is 10.5 Å². The van der Waals surface area contributed by atoms with Crippen LogP contribution < -0.4 is 5.73 Å². The molecule has 114 valence electrons. The highest BCUT2D eigenvalue weighted by Crippen LogP contribution is 2.59. The number of nitrogen functional groups attached to an aromatic ring is 1. The summed E-state index contributed by atoms with van der Waals surface area (Å²) in [7, 11) is 0. The molecule has 0 aromatic carbocycles. The highest BCUT2D eigenvalue weighted by Gasteiger charge is 2.53. The number of esters is 1. The van der Waals surface area contributed by atoms with Crippen molar-refractivity contribution in [1.82, 2.24) is 9.78 Å². The first kappa shape index (κ1) is 13.2. The van der Waals surface area contributed by atoms with Crippen molar-refractivity contribution in [2.75, 3.05) is 12.3 Å². The van der Waals surface area contributed by atoms with Gasteiger partial charge in [0.2, 0.25) is 0 Å². The molecule has 0 radical (unpaired) electrons. The number of aromatic nitrogens is 2. The third kappa shape index (κ3) is 1.89. The van der Waals surface area contributed by atoms with E-state index in [0.29, 0.717) is 18.0 Å². The van der Waals surface area contributed by atoms with Gasteiger partial charge in [0.1, 0.15) is 11.4 Å². The van der Waals surface area contributed by atoms with E-state index in [2.05, 4.69) is 5.10 Å². The van der Waals surface area contributed by atoms with Crippen molar-refractivity contribution >= 4 is 11.8 Å². The number of hydrogen-bond acceptors (Lipinski definition) is 4. The van der Waals surface area contributed by atoms with Crippen molar-refractivity contribution in [1.29, 1.82) is 0 Å². The molecule has 4 aliphatic rings. The third-order valence-corrected chi connectivity index (χ3v) is 5.76. The lowest BCUT2D eigenvalue weighted by Crippen LogP contribution is -2.52. The molecule has 0 saturated heterocycles. The predicted octanol–water partition coefficient (Wildman–Crippen LogP) is 2.57. The fourth-order valence-electron chi connectivity index (χ4n) is 5.43. The normalized spacial score (nSPS) is 36.9. The van der Waals surface area contributed by atoms with E-state index in [1.807, 2.05) is 4.68 Å². The van der Waals surface area contributed by atoms with Gasteiger partial charge >= 0.3 is 5.97 Å². The summed E-state index contributed by atoms with van der Waals surface area (Å²) in [5, 5.41) is 4.50. The van der Waals surface area contributed by atoms with Crippen LogP contribution in [-0.2, 0) is 10.3 Å². The molecule has 5 heteroatoms. The van der Waals surface area contributed by atoms with Gasteiger partial charge in [-0.25, -0.2) is 9.48 Å². The second-order valence-corrected chi connectivity index (χ2v) is 7.22. The topological polar surface area (TPSA) is 70.1 Å². The molecule has 0 spiro atoms. The van der Waals surface area contributed by atoms with Gasteiger partial charge in [-0.05, 0) is 63.2 Å². The van der Waals surface area contributed by atoms with Crippen LogP contribution in [0.3, 0.4) is 0 Å². The largest absolute Gasteiger partial charge is 0.462 e. The van der Waals surface area contributed by atoms with Crippen LogP contribution in [0.25, 0.3) is 0 Å². The third-order valence-electron chi connectivity index (χ3n) is 5.76. The number of anilines is 1. The molecule has 5 nitrogen and oxygen atoms in total. The van der Waals surface area contributed by atoms with Crippen LogP contribution in [-0.4, -0.2) is 22.4 Å². The molecule has 5 rings (SSSR count). The molecule has 0 unspecified atom stereocenters. The summed E-state index contributed by atoms with van der Waals surface area (Å²) in [6.45, 7) is 2.17. The number of ether oxygens (including phenoxy) is 1. The molecule has 1 aromatic heterocycles. The number of carbonyl (C=O) groups excluding carboxylic acids is 1. The van der Waals surface area contributed by atoms with Gasteiger partial charge in [0.15, 0.2) is 0 Å². The van der Waals surface area contributed by atoms with E-state index in [1.165, 1.54) is 38.5 Å². The van der Waals surface area contributed by atoms with Crippen LogP contribution in [0.2, 0.25) is 0 Å². The summed E-state index contributed by atoms with van der Waals surface area (Å²) in [6.07, 6.45) is 9.25. The maximum absolute atomic E-state index is 12.0. The monoisotopic (exact) mass is 289 g/mol. The zero-order valence-corrected chi connectivity index (χ0v) is 12.5. The van der Waals surface area contributed by atoms with Crippen molar-refractivity contribution < 1.29 is 9.53 Å². The summed E-state index contributed by atoms with van der Waals surface area (Å²) in [6, 6.07) is 0.